The summed E-state index contributed by atoms with van der Waals surface area (Å²) in [6.45, 7) is 5.47. The lowest BCUT2D eigenvalue weighted by atomic mass is 10.1. The molecule has 90 valence electrons. The smallest absolute Gasteiger partial charge is 0.164 e. The minimum atomic E-state index is -0.373. The molecule has 0 aromatic heterocycles. The highest BCUT2D eigenvalue weighted by molar-refractivity contribution is 5.44. The topological polar surface area (TPSA) is 44.5 Å². The monoisotopic (exact) mass is 227 g/mol. The van der Waals surface area contributed by atoms with E-state index in [9.17, 15) is 4.39 Å². The summed E-state index contributed by atoms with van der Waals surface area (Å²) >= 11 is 0. The highest BCUT2D eigenvalue weighted by Gasteiger charge is 2.14. The average molecular weight is 227 g/mol. The summed E-state index contributed by atoms with van der Waals surface area (Å²) in [6, 6.07) is 2.52. The molecule has 0 spiro atoms. The zero-order valence-corrected chi connectivity index (χ0v) is 10.1. The third-order valence-electron chi connectivity index (χ3n) is 2.14. The number of methoxy groups -OCH3 is 1. The molecule has 0 aliphatic rings. The Morgan fingerprint density at radius 3 is 2.25 bits per heavy atom. The first-order chi connectivity index (χ1) is 7.45. The number of benzene rings is 1. The van der Waals surface area contributed by atoms with Crippen LogP contribution < -0.4 is 15.2 Å². The molecule has 2 N–H and O–H groups in total. The predicted octanol–water partition coefficient (Wildman–Crippen LogP) is 2.64. The quantitative estimate of drug-likeness (QED) is 0.860. The fourth-order valence-electron chi connectivity index (χ4n) is 1.41. The molecule has 0 saturated carbocycles. The number of ether oxygens (including phenoxy) is 2. The second-order valence-corrected chi connectivity index (χ2v) is 3.98. The van der Waals surface area contributed by atoms with Gasteiger partial charge in [-0.1, -0.05) is 0 Å². The highest BCUT2D eigenvalue weighted by Crippen LogP contribution is 2.32. The van der Waals surface area contributed by atoms with Crippen LogP contribution in [0.5, 0.6) is 11.5 Å². The van der Waals surface area contributed by atoms with Crippen molar-refractivity contribution in [1.82, 2.24) is 0 Å². The Bertz CT molecular complexity index is 364. The third-order valence-corrected chi connectivity index (χ3v) is 2.14. The SMILES string of the molecule is COc1cc(C(C)N)c(F)cc1OC(C)C. The first kappa shape index (κ1) is 12.8. The van der Waals surface area contributed by atoms with Gasteiger partial charge in [-0.3, -0.25) is 0 Å². The van der Waals surface area contributed by atoms with Gasteiger partial charge in [-0.25, -0.2) is 4.39 Å². The van der Waals surface area contributed by atoms with E-state index >= 15 is 0 Å². The van der Waals surface area contributed by atoms with Crippen molar-refractivity contribution >= 4 is 0 Å². The molecule has 16 heavy (non-hydrogen) atoms. The van der Waals surface area contributed by atoms with Crippen molar-refractivity contribution < 1.29 is 13.9 Å². The van der Waals surface area contributed by atoms with E-state index in [0.717, 1.165) is 0 Å². The molecule has 1 aromatic carbocycles. The van der Waals surface area contributed by atoms with Crippen LogP contribution in [0.3, 0.4) is 0 Å². The van der Waals surface area contributed by atoms with E-state index in [-0.39, 0.29) is 18.0 Å². The van der Waals surface area contributed by atoms with Gasteiger partial charge in [0, 0.05) is 17.7 Å². The number of halogens is 1. The molecule has 1 atom stereocenters. The second-order valence-electron chi connectivity index (χ2n) is 3.98. The first-order valence-electron chi connectivity index (χ1n) is 5.25. The van der Waals surface area contributed by atoms with Crippen LogP contribution in [-0.2, 0) is 0 Å². The zero-order valence-electron chi connectivity index (χ0n) is 10.1. The number of hydrogen-bond donors (Lipinski definition) is 1. The van der Waals surface area contributed by atoms with Crippen molar-refractivity contribution in [2.45, 2.75) is 32.9 Å². The number of nitrogens with two attached hydrogens (primary N) is 1. The van der Waals surface area contributed by atoms with Crippen molar-refractivity contribution in [3.63, 3.8) is 0 Å². The predicted molar refractivity (Wildman–Crippen MR) is 61.3 cm³/mol. The normalized spacial score (nSPS) is 12.7. The summed E-state index contributed by atoms with van der Waals surface area (Å²) in [7, 11) is 1.52. The summed E-state index contributed by atoms with van der Waals surface area (Å²) in [4.78, 5) is 0. The molecule has 1 unspecified atom stereocenters. The van der Waals surface area contributed by atoms with Crippen molar-refractivity contribution in [2.24, 2.45) is 5.73 Å². The Morgan fingerprint density at radius 1 is 1.19 bits per heavy atom. The fraction of sp³-hybridized carbons (Fsp3) is 0.500. The molecule has 0 aliphatic carbocycles. The summed E-state index contributed by atoms with van der Waals surface area (Å²) in [5, 5.41) is 0. The van der Waals surface area contributed by atoms with Crippen LogP contribution >= 0.6 is 0 Å². The Morgan fingerprint density at radius 2 is 1.81 bits per heavy atom. The molecule has 0 fully saturated rings. The van der Waals surface area contributed by atoms with Gasteiger partial charge >= 0.3 is 0 Å². The van der Waals surface area contributed by atoms with E-state index in [2.05, 4.69) is 0 Å². The minimum Gasteiger partial charge on any atom is -0.493 e. The van der Waals surface area contributed by atoms with Gasteiger partial charge in [0.2, 0.25) is 0 Å². The Balaban J connectivity index is 3.15. The van der Waals surface area contributed by atoms with Crippen LogP contribution in [0, 0.1) is 5.82 Å². The maximum Gasteiger partial charge on any atom is 0.164 e. The summed E-state index contributed by atoms with van der Waals surface area (Å²) in [5.74, 6) is 0.535. The lowest BCUT2D eigenvalue weighted by Crippen LogP contribution is -2.11. The fourth-order valence-corrected chi connectivity index (χ4v) is 1.41. The molecular formula is C12H18FNO2. The molecule has 0 radical (unpaired) electrons. The maximum atomic E-state index is 13.7. The van der Waals surface area contributed by atoms with Crippen molar-refractivity contribution in [3.8, 4) is 11.5 Å². The van der Waals surface area contributed by atoms with Gasteiger partial charge in [-0.15, -0.1) is 0 Å². The minimum absolute atomic E-state index is 0.0329. The summed E-state index contributed by atoms with van der Waals surface area (Å²) in [5.41, 5.74) is 6.08. The van der Waals surface area contributed by atoms with Gasteiger partial charge in [0.25, 0.3) is 0 Å². The third kappa shape index (κ3) is 2.85. The molecule has 4 heteroatoms. The molecule has 3 nitrogen and oxygen atoms in total. The molecular weight excluding hydrogens is 209 g/mol. The lowest BCUT2D eigenvalue weighted by Gasteiger charge is -2.16. The summed E-state index contributed by atoms with van der Waals surface area (Å²) in [6.07, 6.45) is -0.0329. The van der Waals surface area contributed by atoms with Crippen LogP contribution in [0.4, 0.5) is 4.39 Å². The molecule has 0 amide bonds. The molecule has 0 aliphatic heterocycles. The van der Waals surface area contributed by atoms with Crippen LogP contribution in [0.25, 0.3) is 0 Å². The van der Waals surface area contributed by atoms with Crippen molar-refractivity contribution in [1.29, 1.82) is 0 Å². The number of rotatable bonds is 4. The van der Waals surface area contributed by atoms with E-state index in [1.807, 2.05) is 13.8 Å². The van der Waals surface area contributed by atoms with Crippen LogP contribution in [0.15, 0.2) is 12.1 Å². The van der Waals surface area contributed by atoms with Gasteiger partial charge in [0.1, 0.15) is 5.82 Å². The van der Waals surface area contributed by atoms with Crippen LogP contribution in [0.1, 0.15) is 32.4 Å². The molecule has 0 bridgehead atoms. The largest absolute Gasteiger partial charge is 0.493 e. The van der Waals surface area contributed by atoms with Gasteiger partial charge in [0.05, 0.1) is 13.2 Å². The standard InChI is InChI=1S/C12H18FNO2/c1-7(2)16-12-6-10(13)9(8(3)14)5-11(12)15-4/h5-8H,14H2,1-4H3. The van der Waals surface area contributed by atoms with Crippen molar-refractivity contribution in [2.75, 3.05) is 7.11 Å². The summed E-state index contributed by atoms with van der Waals surface area (Å²) < 4.78 is 24.2. The lowest BCUT2D eigenvalue weighted by molar-refractivity contribution is 0.228. The number of hydrogen-bond acceptors (Lipinski definition) is 3. The van der Waals surface area contributed by atoms with E-state index < -0.39 is 0 Å². The van der Waals surface area contributed by atoms with E-state index in [1.165, 1.54) is 13.2 Å². The average Bonchev–Trinajstić information content (AvgIpc) is 2.16. The van der Waals surface area contributed by atoms with Gasteiger partial charge < -0.3 is 15.2 Å². The molecule has 0 saturated heterocycles. The molecule has 0 heterocycles. The maximum absolute atomic E-state index is 13.7. The van der Waals surface area contributed by atoms with Crippen molar-refractivity contribution in [3.05, 3.63) is 23.5 Å². The van der Waals surface area contributed by atoms with Crippen LogP contribution in [-0.4, -0.2) is 13.2 Å². The van der Waals surface area contributed by atoms with Gasteiger partial charge in [-0.2, -0.15) is 0 Å². The van der Waals surface area contributed by atoms with Gasteiger partial charge in [-0.05, 0) is 26.8 Å². The Labute approximate surface area is 95.4 Å². The highest BCUT2D eigenvalue weighted by atomic mass is 19.1. The molecule has 1 aromatic rings. The first-order valence-corrected chi connectivity index (χ1v) is 5.25. The Hall–Kier alpha value is -1.29. The zero-order chi connectivity index (χ0) is 12.3. The molecule has 1 rings (SSSR count). The van der Waals surface area contributed by atoms with Gasteiger partial charge in [0.15, 0.2) is 11.5 Å². The van der Waals surface area contributed by atoms with Crippen LogP contribution in [0.2, 0.25) is 0 Å². The Kier molecular flexibility index (Phi) is 4.12. The van der Waals surface area contributed by atoms with E-state index in [1.54, 1.807) is 13.0 Å². The van der Waals surface area contributed by atoms with E-state index in [0.29, 0.717) is 17.1 Å². The van der Waals surface area contributed by atoms with E-state index in [4.69, 9.17) is 15.2 Å². The second kappa shape index (κ2) is 5.16.